The Morgan fingerprint density at radius 3 is 1.99 bits per heavy atom. The first-order chi connectivity index (χ1) is 45.2. The zero-order valence-electron chi connectivity index (χ0n) is 50.3. The fourth-order valence-corrected chi connectivity index (χ4v) is 9.81. The number of carbonyl (C=O) groups excluding carboxylic acids is 2. The number of aryl methyl sites for hydroxylation is 1. The van der Waals surface area contributed by atoms with E-state index in [2.05, 4.69) is 62.2 Å². The molecule has 96 heavy (non-hydrogen) atoms. The number of anilines is 2. The van der Waals surface area contributed by atoms with Crippen LogP contribution >= 0.6 is 46.1 Å². The number of thiazole rings is 1. The fraction of sp³-hybridized carbons (Fsp3) is 0.241. The normalized spacial score (nSPS) is 12.3. The summed E-state index contributed by atoms with van der Waals surface area (Å²) < 4.78 is 156. The average molecular weight is 1460 g/mol. The summed E-state index contributed by atoms with van der Waals surface area (Å²) in [6.07, 6.45) is -5.01. The van der Waals surface area contributed by atoms with Crippen LogP contribution in [0.5, 0.6) is 0 Å². The number of guanidine groups is 1. The summed E-state index contributed by atoms with van der Waals surface area (Å²) in [7, 11) is 4.95. The summed E-state index contributed by atoms with van der Waals surface area (Å²) in [5.41, 5.74) is -0.477. The van der Waals surface area contributed by atoms with Crippen molar-refractivity contribution in [2.45, 2.75) is 50.0 Å². The van der Waals surface area contributed by atoms with E-state index in [1.54, 1.807) is 44.3 Å². The van der Waals surface area contributed by atoms with E-state index < -0.39 is 101 Å². The number of oxime groups is 4. The minimum absolute atomic E-state index is 0.0254. The number of nitrogen functional groups attached to an aromatic ring is 1. The van der Waals surface area contributed by atoms with Crippen LogP contribution in [0.15, 0.2) is 116 Å². The van der Waals surface area contributed by atoms with Crippen molar-refractivity contribution in [2.75, 3.05) is 46.5 Å². The Hall–Kier alpha value is -10.0. The van der Waals surface area contributed by atoms with Crippen LogP contribution in [0.2, 0.25) is 14.5 Å². The zero-order valence-corrected chi connectivity index (χ0v) is 54.2. The Morgan fingerprint density at radius 1 is 0.865 bits per heavy atom. The van der Waals surface area contributed by atoms with Gasteiger partial charge in [-0.2, -0.15) is 41.8 Å². The number of nitrogens with two attached hydrogens (primary N) is 1. The van der Waals surface area contributed by atoms with Crippen molar-refractivity contribution < 1.29 is 86.5 Å². The number of nitriles is 1. The van der Waals surface area contributed by atoms with E-state index in [9.17, 15) is 72.2 Å². The van der Waals surface area contributed by atoms with Crippen molar-refractivity contribution in [2.24, 2.45) is 32.8 Å². The molecule has 7 aromatic rings. The molecule has 0 radical (unpaired) electrons. The molecule has 2 amide bonds. The van der Waals surface area contributed by atoms with Gasteiger partial charge < -0.3 is 46.4 Å². The largest absolute Gasteiger partial charge is 0.476 e. The van der Waals surface area contributed by atoms with Gasteiger partial charge >= 0.3 is 11.7 Å². The second kappa shape index (κ2) is 36.0. The lowest BCUT2D eigenvalue weighted by atomic mass is 10.0. The molecule has 0 spiro atoms. The molecule has 0 aliphatic carbocycles. The summed E-state index contributed by atoms with van der Waals surface area (Å²) in [6.45, 7) is 3.87. The average Bonchev–Trinajstić information content (AvgIpc) is 1.74. The number of carbonyl (C=O) groups is 2. The van der Waals surface area contributed by atoms with Crippen LogP contribution in [-0.2, 0) is 61.3 Å². The second-order valence-electron chi connectivity index (χ2n) is 17.9. The lowest BCUT2D eigenvalue weighted by Crippen LogP contribution is -2.34. The Labute approximate surface area is 556 Å². The fourth-order valence-electron chi connectivity index (χ4n) is 7.48. The molecule has 0 fully saturated rings. The molecule has 514 valence electrons. The van der Waals surface area contributed by atoms with Gasteiger partial charge in [-0.3, -0.25) is 14.3 Å². The summed E-state index contributed by atoms with van der Waals surface area (Å²) in [5, 5.41) is 52.8. The van der Waals surface area contributed by atoms with Crippen molar-refractivity contribution in [3.8, 4) is 22.9 Å². The van der Waals surface area contributed by atoms with Gasteiger partial charge in [0.25, 0.3) is 24.2 Å². The Kier molecular flexibility index (Phi) is 29.4. The van der Waals surface area contributed by atoms with Crippen molar-refractivity contribution in [3.05, 3.63) is 166 Å². The van der Waals surface area contributed by atoms with Crippen LogP contribution in [0, 0.1) is 38.9 Å². The molecule has 0 saturated carbocycles. The summed E-state index contributed by atoms with van der Waals surface area (Å²) in [4.78, 5) is 57.9. The number of nitrogens with one attached hydrogen (secondary N) is 4. The molecule has 0 aliphatic rings. The van der Waals surface area contributed by atoms with Crippen molar-refractivity contribution in [1.82, 2.24) is 40.5 Å². The van der Waals surface area contributed by atoms with E-state index in [0.717, 1.165) is 27.9 Å². The summed E-state index contributed by atoms with van der Waals surface area (Å²) in [5.74, 6) is -6.46. The Balaban J connectivity index is 0.000000278. The molecule has 7 rings (SSSR count). The van der Waals surface area contributed by atoms with Crippen LogP contribution in [-0.4, -0.2) is 115 Å². The van der Waals surface area contributed by atoms with Crippen LogP contribution in [0.3, 0.4) is 0 Å². The highest BCUT2D eigenvalue weighted by atomic mass is 35.5. The maximum Gasteiger partial charge on any atom is 0.476 e. The summed E-state index contributed by atoms with van der Waals surface area (Å²) >= 11 is 18.4. The van der Waals surface area contributed by atoms with Gasteiger partial charge in [-0.15, -0.1) is 11.3 Å². The van der Waals surface area contributed by atoms with Gasteiger partial charge in [-0.05, 0) is 49.7 Å². The number of hydrogen-bond donors (Lipinski definition) is 5. The smallest absolute Gasteiger partial charge is 0.399 e. The molecule has 26 nitrogen and oxygen atoms in total. The molecule has 3 heterocycles. The molecule has 0 aliphatic heterocycles. The molecule has 0 bridgehead atoms. The number of aromatic nitrogens is 5. The first-order valence-electron chi connectivity index (χ1n) is 25.9. The molecule has 0 saturated heterocycles. The standard InChI is InChI=1S/C18H12F5N3O.C18H25N5O5.C12H4Cl2F6N4OS.C6H8ClN5O2S/c1-26-8-11(16(25-26)17(22)23)18(27)24-14-5-3-2-4-10(14)9-6-12(19)15(21)13(20)7-9;1-12(20-25-4)16(22-26-5)13(2)21-28-11-14-9-7-8-10-15(14)17(23-27-6)18(24)19-3;13-5-1-4(11(15,16)17)2-6(14)8(5)24-10(22)9(7(3-21)23-24)26(25)12(18,19)20;1-8-6(11-12(13)14)10-3-4-2-9-5(7)15-4/h2-8,17H,1H3,(H,24,27);7-10H,11H2,1-6H3,(H,19,24);1-2H,22H2;2H,3H2,1H3,(H2,8,10,11)/b;20-12+,21-13+,22-16+,23-17+;;. The maximum absolute atomic E-state index is 13.5. The molecule has 1 unspecified atom stereocenters. The number of halogens is 14. The van der Waals surface area contributed by atoms with Crippen LogP contribution in [0.1, 0.15) is 63.6 Å². The maximum atomic E-state index is 13.5. The molecule has 6 N–H and O–H groups in total. The topological polar surface area (TPSA) is 340 Å². The van der Waals surface area contributed by atoms with E-state index >= 15 is 0 Å². The second-order valence-corrected chi connectivity index (χ2v) is 21.8. The number of para-hydroxylation sites is 1. The zero-order chi connectivity index (χ0) is 71.9. The van der Waals surface area contributed by atoms with Crippen molar-refractivity contribution in [3.63, 3.8) is 0 Å². The molecular weight excluding hydrogens is 1410 g/mol. The highest BCUT2D eigenvalue weighted by molar-refractivity contribution is 7.86. The van der Waals surface area contributed by atoms with Crippen molar-refractivity contribution in [1.29, 1.82) is 5.26 Å². The van der Waals surface area contributed by atoms with E-state index in [0.29, 0.717) is 56.1 Å². The number of nitrogens with zero attached hydrogens (tertiary/aromatic N) is 12. The van der Waals surface area contributed by atoms with Gasteiger partial charge in [-0.25, -0.2) is 45.9 Å². The lowest BCUT2D eigenvalue weighted by Gasteiger charge is -2.13. The quantitative estimate of drug-likeness (QED) is 0.0125. The SMILES string of the molecule is CN/C(=N\[N+](=O)[O-])NCc1cnc(Cl)s1.CNC(=O)/C(=N/OC)c1ccccc1CO/N=C(C)/C(=N/OC)C(/C)=N/OC.Cn1cc(C(=O)Nc2ccccc2-c2cc(F)c(F)c(F)c2)c(C(F)F)n1.N#Cc1nn(-c2c(Cl)cc(C(F)(F)F)cc2Cl)c(N)c1S(=O)C(F)(F)F. The number of hydrogen-bond acceptors (Lipinski definition) is 19. The third-order valence-electron chi connectivity index (χ3n) is 11.5. The molecule has 1 atom stereocenters. The van der Waals surface area contributed by atoms with Gasteiger partial charge in [0.2, 0.25) is 0 Å². The first-order valence-corrected chi connectivity index (χ1v) is 29.0. The van der Waals surface area contributed by atoms with E-state index in [4.69, 9.17) is 65.1 Å². The van der Waals surface area contributed by atoms with Gasteiger partial charge in [0, 0.05) is 60.8 Å². The van der Waals surface area contributed by atoms with E-state index in [1.165, 1.54) is 78.1 Å². The van der Waals surface area contributed by atoms with E-state index in [1.807, 2.05) is 6.07 Å². The molecule has 3 aromatic heterocycles. The lowest BCUT2D eigenvalue weighted by molar-refractivity contribution is -0.485. The number of amides is 2. The van der Waals surface area contributed by atoms with Crippen molar-refractivity contribution >= 4 is 109 Å². The molecule has 42 heteroatoms. The number of alkyl halides is 8. The predicted molar refractivity (Wildman–Crippen MR) is 332 cm³/mol. The van der Waals surface area contributed by atoms with Crippen LogP contribution in [0.25, 0.3) is 16.8 Å². The van der Waals surface area contributed by atoms with Crippen LogP contribution in [0.4, 0.5) is 59.8 Å². The minimum atomic E-state index is -5.25. The predicted octanol–water partition coefficient (Wildman–Crippen LogP) is 11.3. The number of benzene rings is 4. The number of hydrazone groups is 1. The molecular formula is C54H49Cl3F11N17O9S2. The van der Waals surface area contributed by atoms with Gasteiger partial charge in [0.1, 0.15) is 72.6 Å². The monoisotopic (exact) mass is 1460 g/mol. The number of rotatable bonds is 19. The van der Waals surface area contributed by atoms with E-state index in [-0.39, 0.29) is 46.6 Å². The third kappa shape index (κ3) is 21.8. The highest BCUT2D eigenvalue weighted by Crippen LogP contribution is 2.41. The Morgan fingerprint density at radius 2 is 1.46 bits per heavy atom. The van der Waals surface area contributed by atoms with Gasteiger partial charge in [0.15, 0.2) is 54.9 Å². The number of nitro groups is 1. The highest BCUT2D eigenvalue weighted by Gasteiger charge is 2.43. The summed E-state index contributed by atoms with van der Waals surface area (Å²) in [6, 6.07) is 16.8. The minimum Gasteiger partial charge on any atom is -0.399 e. The number of likely N-dealkylation sites (N-methyl/N-ethyl adjacent to an activating group) is 1. The Bertz CT molecular complexity index is 4120. The third-order valence-corrected chi connectivity index (χ3v) is 14.4. The van der Waals surface area contributed by atoms with Crippen LogP contribution < -0.4 is 27.0 Å². The van der Waals surface area contributed by atoms with Gasteiger partial charge in [-0.1, -0.05) is 97.9 Å². The first kappa shape index (κ1) is 78.4. The van der Waals surface area contributed by atoms with Gasteiger partial charge in [0.05, 0.1) is 27.7 Å². The molecule has 4 aromatic carbocycles.